The highest BCUT2D eigenvalue weighted by atomic mass is 32.2. The second-order valence-corrected chi connectivity index (χ2v) is 7.91. The minimum Gasteiger partial charge on any atom is -0.495 e. The molecule has 2 heterocycles. The highest BCUT2D eigenvalue weighted by molar-refractivity contribution is 7.99. The molecule has 1 saturated heterocycles. The van der Waals surface area contributed by atoms with E-state index in [2.05, 4.69) is 20.4 Å². The summed E-state index contributed by atoms with van der Waals surface area (Å²) in [5.41, 5.74) is 0.899. The van der Waals surface area contributed by atoms with Gasteiger partial charge < -0.3 is 15.0 Å². The number of aromatic nitrogens is 3. The van der Waals surface area contributed by atoms with Gasteiger partial charge in [-0.1, -0.05) is 23.9 Å². The molecule has 2 aliphatic rings. The van der Waals surface area contributed by atoms with E-state index in [-0.39, 0.29) is 5.91 Å². The van der Waals surface area contributed by atoms with Gasteiger partial charge >= 0.3 is 0 Å². The van der Waals surface area contributed by atoms with Crippen molar-refractivity contribution in [2.75, 3.05) is 30.9 Å². The maximum atomic E-state index is 12.1. The second kappa shape index (κ2) is 8.21. The first-order chi connectivity index (χ1) is 13.3. The van der Waals surface area contributed by atoms with Gasteiger partial charge in [0.05, 0.1) is 18.6 Å². The lowest BCUT2D eigenvalue weighted by molar-refractivity contribution is -0.118. The summed E-state index contributed by atoms with van der Waals surface area (Å²) in [7, 11) is 1.67. The zero-order valence-corrected chi connectivity index (χ0v) is 16.4. The first kappa shape index (κ1) is 18.2. The van der Waals surface area contributed by atoms with E-state index in [1.165, 1.54) is 18.2 Å². The molecule has 2 aromatic rings. The number of hydrogen-bond donors (Lipinski definition) is 1. The molecule has 0 unspecified atom stereocenters. The van der Waals surface area contributed by atoms with E-state index in [1.807, 2.05) is 28.8 Å². The minimum atomic E-state index is 0.0524. The number of methoxy groups -OCH3 is 1. The Kier molecular flexibility index (Phi) is 5.52. The fraction of sp³-hybridized carbons (Fsp3) is 0.526. The first-order valence-corrected chi connectivity index (χ1v) is 10.5. The molecule has 1 aliphatic carbocycles. The smallest absolute Gasteiger partial charge is 0.232 e. The van der Waals surface area contributed by atoms with Crippen molar-refractivity contribution >= 4 is 23.6 Å². The summed E-state index contributed by atoms with van der Waals surface area (Å²) >= 11 is 1.42. The molecule has 1 saturated carbocycles. The van der Waals surface area contributed by atoms with Gasteiger partial charge in [-0.25, -0.2) is 0 Å². The first-order valence-electron chi connectivity index (χ1n) is 9.52. The zero-order chi connectivity index (χ0) is 18.6. The van der Waals surface area contributed by atoms with Crippen LogP contribution in [0.2, 0.25) is 0 Å². The highest BCUT2D eigenvalue weighted by Gasteiger charge is 2.25. The number of carbonyl (C=O) groups excluding carboxylic acids is 1. The van der Waals surface area contributed by atoms with Crippen LogP contribution in [0, 0.1) is 0 Å². The Balaban J connectivity index is 1.63. The van der Waals surface area contributed by atoms with Gasteiger partial charge in [-0.05, 0) is 44.2 Å². The van der Waals surface area contributed by atoms with Crippen molar-refractivity contribution in [2.24, 2.45) is 0 Å². The van der Waals surface area contributed by atoms with Crippen LogP contribution in [0.4, 0.5) is 5.95 Å². The number of amides is 1. The normalized spacial score (nSPS) is 17.0. The number of carbonyl (C=O) groups is 1. The predicted molar refractivity (Wildman–Crippen MR) is 106 cm³/mol. The Morgan fingerprint density at radius 1 is 1.22 bits per heavy atom. The third-order valence-electron chi connectivity index (χ3n) is 4.86. The fourth-order valence-electron chi connectivity index (χ4n) is 3.31. The summed E-state index contributed by atoms with van der Waals surface area (Å²) in [6.45, 7) is 1.94. The van der Waals surface area contributed by atoms with Gasteiger partial charge in [0.15, 0.2) is 5.16 Å². The number of ether oxygens (including phenoxy) is 1. The Labute approximate surface area is 163 Å². The van der Waals surface area contributed by atoms with Crippen molar-refractivity contribution in [2.45, 2.75) is 43.3 Å². The van der Waals surface area contributed by atoms with Crippen molar-refractivity contribution in [3.05, 3.63) is 24.3 Å². The Morgan fingerprint density at radius 2 is 2.00 bits per heavy atom. The van der Waals surface area contributed by atoms with Crippen LogP contribution in [-0.2, 0) is 4.79 Å². The zero-order valence-electron chi connectivity index (χ0n) is 15.6. The fourth-order valence-corrected chi connectivity index (χ4v) is 4.06. The number of para-hydroxylation sites is 2. The van der Waals surface area contributed by atoms with Gasteiger partial charge in [-0.15, -0.1) is 10.2 Å². The van der Waals surface area contributed by atoms with Gasteiger partial charge in [0.25, 0.3) is 0 Å². The number of nitrogens with zero attached hydrogens (tertiary/aromatic N) is 4. The van der Waals surface area contributed by atoms with Crippen LogP contribution in [0.1, 0.15) is 32.1 Å². The standard InChI is InChI=1S/C19H25N5O2S/c1-26-16-8-4-3-7-15(16)24-18(23-11-5-2-6-12-23)21-22-19(24)27-13-17(25)20-14-9-10-14/h3-4,7-8,14H,2,5-6,9-13H2,1H3,(H,20,25). The summed E-state index contributed by atoms with van der Waals surface area (Å²) in [4.78, 5) is 14.4. The molecule has 0 spiro atoms. The number of hydrogen-bond acceptors (Lipinski definition) is 6. The molecule has 1 amide bonds. The lowest BCUT2D eigenvalue weighted by atomic mass is 10.1. The molecule has 8 heteroatoms. The molecule has 1 aromatic carbocycles. The van der Waals surface area contributed by atoms with Gasteiger partial charge in [-0.3, -0.25) is 9.36 Å². The van der Waals surface area contributed by atoms with Crippen LogP contribution in [0.15, 0.2) is 29.4 Å². The third-order valence-corrected chi connectivity index (χ3v) is 5.79. The molecule has 144 valence electrons. The van der Waals surface area contributed by atoms with Crippen molar-refractivity contribution in [1.29, 1.82) is 0 Å². The molecule has 2 fully saturated rings. The van der Waals surface area contributed by atoms with Crippen molar-refractivity contribution in [1.82, 2.24) is 20.1 Å². The molecule has 7 nitrogen and oxygen atoms in total. The van der Waals surface area contributed by atoms with Crippen LogP contribution in [0.25, 0.3) is 5.69 Å². The second-order valence-electron chi connectivity index (χ2n) is 6.97. The molecule has 0 bridgehead atoms. The number of nitrogens with one attached hydrogen (secondary N) is 1. The Hall–Kier alpha value is -2.22. The number of rotatable bonds is 7. The topological polar surface area (TPSA) is 72.3 Å². The average molecular weight is 388 g/mol. The van der Waals surface area contributed by atoms with E-state index in [9.17, 15) is 4.79 Å². The van der Waals surface area contributed by atoms with Crippen LogP contribution < -0.4 is 15.0 Å². The van der Waals surface area contributed by atoms with Crippen molar-refractivity contribution in [3.8, 4) is 11.4 Å². The summed E-state index contributed by atoms with van der Waals surface area (Å²) in [5.74, 6) is 1.98. The molecule has 1 N–H and O–H groups in total. The highest BCUT2D eigenvalue weighted by Crippen LogP contribution is 2.32. The molecule has 1 aromatic heterocycles. The van der Waals surface area contributed by atoms with Gasteiger partial charge in [-0.2, -0.15) is 0 Å². The van der Waals surface area contributed by atoms with Crippen LogP contribution >= 0.6 is 11.8 Å². The summed E-state index contributed by atoms with van der Waals surface area (Å²) in [5, 5.41) is 12.6. The predicted octanol–water partition coefficient (Wildman–Crippen LogP) is 2.64. The average Bonchev–Trinajstić information content (AvgIpc) is 3.42. The van der Waals surface area contributed by atoms with Gasteiger partial charge in [0.1, 0.15) is 5.75 Å². The monoisotopic (exact) mass is 387 g/mol. The van der Waals surface area contributed by atoms with Crippen LogP contribution in [-0.4, -0.2) is 52.7 Å². The number of thioether (sulfide) groups is 1. The van der Waals surface area contributed by atoms with E-state index in [0.29, 0.717) is 17.0 Å². The lowest BCUT2D eigenvalue weighted by Gasteiger charge is -2.28. The maximum absolute atomic E-state index is 12.1. The minimum absolute atomic E-state index is 0.0524. The Bertz CT molecular complexity index is 799. The third kappa shape index (κ3) is 4.21. The summed E-state index contributed by atoms with van der Waals surface area (Å²) < 4.78 is 7.60. The van der Waals surface area contributed by atoms with Crippen molar-refractivity contribution < 1.29 is 9.53 Å². The van der Waals surface area contributed by atoms with Crippen LogP contribution in [0.5, 0.6) is 5.75 Å². The van der Waals surface area contributed by atoms with E-state index < -0.39 is 0 Å². The van der Waals surface area contributed by atoms with E-state index in [1.54, 1.807) is 7.11 Å². The molecular formula is C19H25N5O2S. The largest absolute Gasteiger partial charge is 0.495 e. The molecule has 0 atom stereocenters. The number of benzene rings is 1. The van der Waals surface area contributed by atoms with Crippen molar-refractivity contribution in [3.63, 3.8) is 0 Å². The number of anilines is 1. The molecule has 27 heavy (non-hydrogen) atoms. The maximum Gasteiger partial charge on any atom is 0.232 e. The summed E-state index contributed by atoms with van der Waals surface area (Å²) in [6.07, 6.45) is 5.75. The Morgan fingerprint density at radius 3 is 2.74 bits per heavy atom. The van der Waals surface area contributed by atoms with E-state index >= 15 is 0 Å². The van der Waals surface area contributed by atoms with E-state index in [4.69, 9.17) is 4.74 Å². The van der Waals surface area contributed by atoms with E-state index in [0.717, 1.165) is 56.2 Å². The van der Waals surface area contributed by atoms with Crippen LogP contribution in [0.3, 0.4) is 0 Å². The molecular weight excluding hydrogens is 362 g/mol. The lowest BCUT2D eigenvalue weighted by Crippen LogP contribution is -2.32. The SMILES string of the molecule is COc1ccccc1-n1c(SCC(=O)NC2CC2)nnc1N1CCCCC1. The summed E-state index contributed by atoms with van der Waals surface area (Å²) in [6, 6.07) is 8.23. The molecule has 0 radical (unpaired) electrons. The number of piperidine rings is 1. The quantitative estimate of drug-likeness (QED) is 0.737. The van der Waals surface area contributed by atoms with Gasteiger partial charge in [0, 0.05) is 19.1 Å². The molecule has 1 aliphatic heterocycles. The molecule has 4 rings (SSSR count). The van der Waals surface area contributed by atoms with Gasteiger partial charge in [0.2, 0.25) is 11.9 Å².